The Morgan fingerprint density at radius 3 is 3.08 bits per heavy atom. The highest BCUT2D eigenvalue weighted by Gasteiger charge is 2.02. The molecule has 0 spiro atoms. The van der Waals surface area contributed by atoms with E-state index in [-0.39, 0.29) is 0 Å². The van der Waals surface area contributed by atoms with Gasteiger partial charge in [0.2, 0.25) is 12.3 Å². The molecule has 0 radical (unpaired) electrons. The second-order valence-corrected chi connectivity index (χ2v) is 2.48. The third kappa shape index (κ3) is 1.14. The second kappa shape index (κ2) is 2.85. The largest absolute Gasteiger partial charge is 0.481 e. The molecule has 0 aromatic carbocycles. The van der Waals surface area contributed by atoms with Gasteiger partial charge in [-0.1, -0.05) is 0 Å². The van der Waals surface area contributed by atoms with Crippen LogP contribution in [0.2, 0.25) is 0 Å². The molecular weight excluding hydrogens is 170 g/mol. The minimum Gasteiger partial charge on any atom is -0.481 e. The lowest BCUT2D eigenvalue weighted by Gasteiger charge is -1.97. The molecule has 5 heteroatoms. The van der Waals surface area contributed by atoms with Gasteiger partial charge in [0.25, 0.3) is 0 Å². The molecule has 2 rings (SSSR count). The molecule has 0 N–H and O–H groups in total. The fourth-order valence-electron chi connectivity index (χ4n) is 1.12. The number of rotatable bonds is 2. The van der Waals surface area contributed by atoms with Crippen LogP contribution in [-0.2, 0) is 4.79 Å². The minimum absolute atomic E-state index is 0.512. The van der Waals surface area contributed by atoms with Crippen LogP contribution in [0.3, 0.4) is 0 Å². The summed E-state index contributed by atoms with van der Waals surface area (Å²) in [5, 5.41) is 4.67. The first kappa shape index (κ1) is 7.72. The van der Waals surface area contributed by atoms with E-state index in [1.165, 1.54) is 11.8 Å². The monoisotopic (exact) mass is 177 g/mol. The van der Waals surface area contributed by atoms with Crippen molar-refractivity contribution in [3.05, 3.63) is 18.5 Å². The Hall–Kier alpha value is -1.91. The number of aromatic nitrogens is 3. The number of fused-ring (bicyclic) bond motifs is 1. The van der Waals surface area contributed by atoms with Crippen molar-refractivity contribution in [1.29, 1.82) is 0 Å². The lowest BCUT2D eigenvalue weighted by molar-refractivity contribution is 0.398. The summed E-state index contributed by atoms with van der Waals surface area (Å²) in [6.07, 6.45) is 3.78. The lowest BCUT2D eigenvalue weighted by Crippen LogP contribution is -1.96. The van der Waals surface area contributed by atoms with Crippen molar-refractivity contribution < 1.29 is 9.53 Å². The van der Waals surface area contributed by atoms with E-state index in [0.717, 1.165) is 5.39 Å². The van der Waals surface area contributed by atoms with E-state index in [1.807, 2.05) is 0 Å². The average molecular weight is 177 g/mol. The predicted octanol–water partition coefficient (Wildman–Crippen LogP) is 0.478. The molecule has 0 amide bonds. The molecule has 0 saturated carbocycles. The third-order valence-corrected chi connectivity index (χ3v) is 1.77. The van der Waals surface area contributed by atoms with Gasteiger partial charge in [-0.3, -0.25) is 4.79 Å². The van der Waals surface area contributed by atoms with Crippen LogP contribution >= 0.6 is 0 Å². The number of hydrogen-bond donors (Lipinski definition) is 0. The summed E-state index contributed by atoms with van der Waals surface area (Å²) >= 11 is 0. The minimum atomic E-state index is 0.512. The molecule has 66 valence electrons. The first-order valence-corrected chi connectivity index (χ1v) is 3.67. The van der Waals surface area contributed by atoms with Crippen LogP contribution in [0.25, 0.3) is 10.9 Å². The number of methoxy groups -OCH3 is 1. The molecule has 0 atom stereocenters. The van der Waals surface area contributed by atoms with Crippen molar-refractivity contribution in [2.75, 3.05) is 7.11 Å². The third-order valence-electron chi connectivity index (χ3n) is 1.77. The maximum atomic E-state index is 10.5. The lowest BCUT2D eigenvalue weighted by atomic mass is 10.3. The van der Waals surface area contributed by atoms with Crippen molar-refractivity contribution in [3.8, 4) is 5.88 Å². The number of nitrogens with zero attached hydrogens (tertiary/aromatic N) is 3. The van der Waals surface area contributed by atoms with E-state index in [2.05, 4.69) is 10.1 Å². The number of pyridine rings is 1. The van der Waals surface area contributed by atoms with Crippen LogP contribution < -0.4 is 4.74 Å². The molecule has 0 saturated heterocycles. The van der Waals surface area contributed by atoms with Crippen molar-refractivity contribution in [2.24, 2.45) is 0 Å². The highest BCUT2D eigenvalue weighted by Crippen LogP contribution is 2.16. The normalized spacial score (nSPS) is 10.2. The number of ether oxygens (including phenoxy) is 1. The summed E-state index contributed by atoms with van der Waals surface area (Å²) in [5.74, 6) is 0.512. The predicted molar refractivity (Wildman–Crippen MR) is 46.2 cm³/mol. The zero-order chi connectivity index (χ0) is 9.26. The molecule has 0 aliphatic rings. The Morgan fingerprint density at radius 2 is 2.38 bits per heavy atom. The van der Waals surface area contributed by atoms with Crippen molar-refractivity contribution >= 4 is 17.3 Å². The number of carbonyl (C=O) groups is 1. The smallest absolute Gasteiger partial charge is 0.234 e. The van der Waals surface area contributed by atoms with Crippen LogP contribution in [0.1, 0.15) is 0 Å². The van der Waals surface area contributed by atoms with Gasteiger partial charge >= 0.3 is 0 Å². The standard InChI is InChI=1S/C8H7N3O2/c1-13-8-2-6-3-10-11(5-12)7(6)4-9-8/h2-5H,1H3. The Labute approximate surface area is 73.9 Å². The van der Waals surface area contributed by atoms with Gasteiger partial charge in [-0.05, 0) is 0 Å². The molecule has 0 fully saturated rings. The quantitative estimate of drug-likeness (QED) is 0.626. The fraction of sp³-hybridized carbons (Fsp3) is 0.125. The fourth-order valence-corrected chi connectivity index (χ4v) is 1.12. The summed E-state index contributed by atoms with van der Waals surface area (Å²) in [6.45, 7) is 0. The molecule has 5 nitrogen and oxygen atoms in total. The van der Waals surface area contributed by atoms with Gasteiger partial charge in [-0.25, -0.2) is 9.67 Å². The van der Waals surface area contributed by atoms with Crippen LogP contribution in [0, 0.1) is 0 Å². The maximum Gasteiger partial charge on any atom is 0.234 e. The molecule has 2 aromatic heterocycles. The van der Waals surface area contributed by atoms with Gasteiger partial charge in [-0.15, -0.1) is 0 Å². The second-order valence-electron chi connectivity index (χ2n) is 2.48. The molecular formula is C8H7N3O2. The highest BCUT2D eigenvalue weighted by molar-refractivity contribution is 5.83. The highest BCUT2D eigenvalue weighted by atomic mass is 16.5. The first-order valence-electron chi connectivity index (χ1n) is 3.67. The number of carbonyl (C=O) groups excluding carboxylic acids is 1. The summed E-state index contributed by atoms with van der Waals surface area (Å²) < 4.78 is 6.15. The molecule has 0 aliphatic carbocycles. The Morgan fingerprint density at radius 1 is 1.54 bits per heavy atom. The summed E-state index contributed by atoms with van der Waals surface area (Å²) in [6, 6.07) is 1.72. The topological polar surface area (TPSA) is 57.0 Å². The van der Waals surface area contributed by atoms with Gasteiger partial charge in [0.15, 0.2) is 0 Å². The Bertz CT molecular complexity index is 450. The zero-order valence-electron chi connectivity index (χ0n) is 6.97. The molecule has 0 aliphatic heterocycles. The van der Waals surface area contributed by atoms with E-state index >= 15 is 0 Å². The number of hydrogen-bond acceptors (Lipinski definition) is 4. The van der Waals surface area contributed by atoms with Crippen LogP contribution in [0.15, 0.2) is 18.5 Å². The van der Waals surface area contributed by atoms with Crippen molar-refractivity contribution in [1.82, 2.24) is 14.8 Å². The van der Waals surface area contributed by atoms with Gasteiger partial charge in [0.1, 0.15) is 0 Å². The van der Waals surface area contributed by atoms with Gasteiger partial charge < -0.3 is 4.74 Å². The average Bonchev–Trinajstić information content (AvgIpc) is 2.59. The summed E-state index contributed by atoms with van der Waals surface area (Å²) in [7, 11) is 1.54. The molecule has 2 heterocycles. The first-order chi connectivity index (χ1) is 6.35. The molecule has 13 heavy (non-hydrogen) atoms. The molecule has 0 unspecified atom stereocenters. The summed E-state index contributed by atoms with van der Waals surface area (Å²) in [5.41, 5.74) is 0.677. The Balaban J connectivity index is 2.67. The van der Waals surface area contributed by atoms with Crippen LogP contribution in [-0.4, -0.2) is 28.3 Å². The van der Waals surface area contributed by atoms with E-state index in [1.54, 1.807) is 18.5 Å². The molecule has 0 bridgehead atoms. The maximum absolute atomic E-state index is 10.5. The van der Waals surface area contributed by atoms with Crippen molar-refractivity contribution in [3.63, 3.8) is 0 Å². The van der Waals surface area contributed by atoms with Crippen molar-refractivity contribution in [2.45, 2.75) is 0 Å². The van der Waals surface area contributed by atoms with Gasteiger partial charge in [0.05, 0.1) is 25.0 Å². The van der Waals surface area contributed by atoms with Crippen LogP contribution in [0.5, 0.6) is 5.88 Å². The van der Waals surface area contributed by atoms with Gasteiger partial charge in [-0.2, -0.15) is 5.10 Å². The zero-order valence-corrected chi connectivity index (χ0v) is 6.97. The van der Waals surface area contributed by atoms with Crippen LogP contribution in [0.4, 0.5) is 0 Å². The Kier molecular flexibility index (Phi) is 1.70. The van der Waals surface area contributed by atoms with Gasteiger partial charge in [0, 0.05) is 11.5 Å². The summed E-state index contributed by atoms with van der Waals surface area (Å²) in [4.78, 5) is 14.4. The van der Waals surface area contributed by atoms with E-state index in [9.17, 15) is 4.79 Å². The van der Waals surface area contributed by atoms with E-state index in [0.29, 0.717) is 17.8 Å². The molecule has 2 aromatic rings. The van der Waals surface area contributed by atoms with E-state index in [4.69, 9.17) is 4.74 Å². The SMILES string of the molecule is COc1cc2cnn(C=O)c2cn1. The van der Waals surface area contributed by atoms with E-state index < -0.39 is 0 Å².